The highest BCUT2D eigenvalue weighted by atomic mass is 16.5. The van der Waals surface area contributed by atoms with E-state index in [9.17, 15) is 0 Å². The molecule has 1 saturated heterocycles. The molecule has 0 spiro atoms. The normalized spacial score (nSPS) is 42.2. The van der Waals surface area contributed by atoms with Gasteiger partial charge >= 0.3 is 0 Å². The van der Waals surface area contributed by atoms with E-state index >= 15 is 0 Å². The summed E-state index contributed by atoms with van der Waals surface area (Å²) in [6, 6.07) is 0. The van der Waals surface area contributed by atoms with E-state index in [2.05, 4.69) is 33.8 Å². The first-order chi connectivity index (χ1) is 9.58. The molecule has 1 aliphatic carbocycles. The summed E-state index contributed by atoms with van der Waals surface area (Å²) in [5.41, 5.74) is 4.54. The van der Waals surface area contributed by atoms with Gasteiger partial charge in [-0.15, -0.1) is 0 Å². The Kier molecular flexibility index (Phi) is 4.05. The lowest BCUT2D eigenvalue weighted by atomic mass is 9.74. The fraction of sp³-hybridized carbons (Fsp3) is 0.778. The van der Waals surface area contributed by atoms with Crippen molar-refractivity contribution in [2.75, 3.05) is 13.2 Å². The van der Waals surface area contributed by atoms with Crippen LogP contribution in [-0.4, -0.2) is 25.4 Å². The molecule has 112 valence electrons. The summed E-state index contributed by atoms with van der Waals surface area (Å²) in [5, 5.41) is 0. The van der Waals surface area contributed by atoms with Crippen LogP contribution in [0.1, 0.15) is 47.0 Å². The van der Waals surface area contributed by atoms with E-state index in [0.29, 0.717) is 17.8 Å². The molecule has 0 aromatic carbocycles. The molecule has 0 saturated carbocycles. The second-order valence-electron chi connectivity index (χ2n) is 7.10. The molecule has 2 nitrogen and oxygen atoms in total. The standard InChI is InChI=1S/C18H28O2/c1-11-5-8-15(19-9-11)18-17-13(3)7-6-12(2)16(17)14(4)10-20-18/h7,11-12,14-15,18H,5-6,8-10H2,1-4H3. The highest BCUT2D eigenvalue weighted by Gasteiger charge is 2.38. The third kappa shape index (κ3) is 2.48. The number of ether oxygens (including phenoxy) is 2. The van der Waals surface area contributed by atoms with E-state index in [1.165, 1.54) is 24.0 Å². The van der Waals surface area contributed by atoms with E-state index in [1.807, 2.05) is 0 Å². The van der Waals surface area contributed by atoms with Crippen molar-refractivity contribution in [3.63, 3.8) is 0 Å². The van der Waals surface area contributed by atoms with Gasteiger partial charge in [0.05, 0.1) is 12.7 Å². The van der Waals surface area contributed by atoms with Gasteiger partial charge in [0.2, 0.25) is 0 Å². The molecule has 0 radical (unpaired) electrons. The molecule has 0 aromatic heterocycles. The van der Waals surface area contributed by atoms with Crippen LogP contribution in [0.5, 0.6) is 0 Å². The maximum atomic E-state index is 6.23. The van der Waals surface area contributed by atoms with Crippen molar-refractivity contribution in [3.05, 3.63) is 22.8 Å². The minimum absolute atomic E-state index is 0.174. The molecule has 2 heterocycles. The largest absolute Gasteiger partial charge is 0.375 e. The topological polar surface area (TPSA) is 18.5 Å². The van der Waals surface area contributed by atoms with Crippen LogP contribution < -0.4 is 0 Å². The number of hydrogen-bond acceptors (Lipinski definition) is 2. The number of hydrogen-bond donors (Lipinski definition) is 0. The zero-order valence-electron chi connectivity index (χ0n) is 13.3. The molecular weight excluding hydrogens is 248 g/mol. The van der Waals surface area contributed by atoms with Crippen molar-refractivity contribution in [2.24, 2.45) is 17.8 Å². The summed E-state index contributed by atoms with van der Waals surface area (Å²) in [5.74, 6) is 1.92. The Hall–Kier alpha value is -0.600. The van der Waals surface area contributed by atoms with Crippen LogP contribution in [0.2, 0.25) is 0 Å². The molecule has 0 N–H and O–H groups in total. The Bertz CT molecular complexity index is 427. The summed E-state index contributed by atoms with van der Waals surface area (Å²) >= 11 is 0. The van der Waals surface area contributed by atoms with Gasteiger partial charge in [0, 0.05) is 12.5 Å². The number of rotatable bonds is 1. The summed E-state index contributed by atoms with van der Waals surface area (Å²) in [6.07, 6.45) is 6.41. The molecular formula is C18H28O2. The second kappa shape index (κ2) is 5.65. The van der Waals surface area contributed by atoms with Crippen molar-refractivity contribution in [1.82, 2.24) is 0 Å². The monoisotopic (exact) mass is 276 g/mol. The maximum absolute atomic E-state index is 6.23. The molecule has 0 aromatic rings. The lowest BCUT2D eigenvalue weighted by Crippen LogP contribution is -2.43. The number of allylic oxidation sites excluding steroid dienone is 1. The average molecular weight is 276 g/mol. The van der Waals surface area contributed by atoms with Crippen LogP contribution in [0, 0.1) is 17.8 Å². The van der Waals surface area contributed by atoms with Gasteiger partial charge in [-0.2, -0.15) is 0 Å². The minimum atomic E-state index is 0.174. The molecule has 3 rings (SSSR count). The molecule has 1 fully saturated rings. The maximum Gasteiger partial charge on any atom is 0.109 e. The molecule has 20 heavy (non-hydrogen) atoms. The lowest BCUT2D eigenvalue weighted by molar-refractivity contribution is -0.0993. The summed E-state index contributed by atoms with van der Waals surface area (Å²) in [4.78, 5) is 0. The smallest absolute Gasteiger partial charge is 0.109 e. The van der Waals surface area contributed by atoms with Crippen molar-refractivity contribution in [1.29, 1.82) is 0 Å². The molecule has 5 atom stereocenters. The van der Waals surface area contributed by atoms with E-state index in [4.69, 9.17) is 9.47 Å². The highest BCUT2D eigenvalue weighted by Crippen LogP contribution is 2.42. The predicted molar refractivity (Wildman–Crippen MR) is 81.6 cm³/mol. The quantitative estimate of drug-likeness (QED) is 0.717. The Morgan fingerprint density at radius 3 is 2.50 bits per heavy atom. The molecule has 2 heteroatoms. The van der Waals surface area contributed by atoms with Gasteiger partial charge in [0.25, 0.3) is 0 Å². The minimum Gasteiger partial charge on any atom is -0.375 e. The average Bonchev–Trinajstić information content (AvgIpc) is 2.44. The van der Waals surface area contributed by atoms with Crippen molar-refractivity contribution in [2.45, 2.75) is 59.2 Å². The van der Waals surface area contributed by atoms with Crippen LogP contribution in [0.4, 0.5) is 0 Å². The van der Waals surface area contributed by atoms with Crippen molar-refractivity contribution in [3.8, 4) is 0 Å². The van der Waals surface area contributed by atoms with Crippen LogP contribution in [-0.2, 0) is 9.47 Å². The van der Waals surface area contributed by atoms with Crippen molar-refractivity contribution >= 4 is 0 Å². The first-order valence-corrected chi connectivity index (χ1v) is 8.22. The van der Waals surface area contributed by atoms with Gasteiger partial charge in [0.1, 0.15) is 6.10 Å². The van der Waals surface area contributed by atoms with Gasteiger partial charge in [-0.05, 0) is 49.2 Å². The Labute approximate surface area is 123 Å². The van der Waals surface area contributed by atoms with E-state index in [-0.39, 0.29) is 12.2 Å². The molecule has 5 unspecified atom stereocenters. The van der Waals surface area contributed by atoms with Crippen LogP contribution in [0.15, 0.2) is 22.8 Å². The van der Waals surface area contributed by atoms with Gasteiger partial charge in [-0.3, -0.25) is 0 Å². The predicted octanol–water partition coefficient (Wildman–Crippen LogP) is 4.12. The molecule has 2 aliphatic heterocycles. The van der Waals surface area contributed by atoms with Crippen LogP contribution >= 0.6 is 0 Å². The van der Waals surface area contributed by atoms with Crippen LogP contribution in [0.3, 0.4) is 0 Å². The SMILES string of the molecule is CC1=CCC(C)C2=C1C(C1CCC(C)CO1)OCC2C. The summed E-state index contributed by atoms with van der Waals surface area (Å²) in [7, 11) is 0. The zero-order chi connectivity index (χ0) is 14.3. The molecule has 0 amide bonds. The lowest BCUT2D eigenvalue weighted by Gasteiger charge is -2.42. The van der Waals surface area contributed by atoms with Crippen molar-refractivity contribution < 1.29 is 9.47 Å². The summed E-state index contributed by atoms with van der Waals surface area (Å²) in [6.45, 7) is 10.9. The Morgan fingerprint density at radius 1 is 1.00 bits per heavy atom. The Morgan fingerprint density at radius 2 is 1.80 bits per heavy atom. The molecule has 0 bridgehead atoms. The fourth-order valence-electron chi connectivity index (χ4n) is 4.08. The van der Waals surface area contributed by atoms with E-state index in [0.717, 1.165) is 19.6 Å². The zero-order valence-corrected chi connectivity index (χ0v) is 13.3. The van der Waals surface area contributed by atoms with Gasteiger partial charge in [-0.25, -0.2) is 0 Å². The van der Waals surface area contributed by atoms with Gasteiger partial charge < -0.3 is 9.47 Å². The van der Waals surface area contributed by atoms with Gasteiger partial charge in [-0.1, -0.05) is 32.4 Å². The highest BCUT2D eigenvalue weighted by molar-refractivity contribution is 5.44. The fourth-order valence-corrected chi connectivity index (χ4v) is 4.08. The van der Waals surface area contributed by atoms with Crippen LogP contribution in [0.25, 0.3) is 0 Å². The first kappa shape index (κ1) is 14.3. The Balaban J connectivity index is 1.90. The molecule has 3 aliphatic rings. The second-order valence-corrected chi connectivity index (χ2v) is 7.10. The van der Waals surface area contributed by atoms with E-state index in [1.54, 1.807) is 5.57 Å². The third-order valence-corrected chi connectivity index (χ3v) is 5.26. The summed E-state index contributed by atoms with van der Waals surface area (Å²) < 4.78 is 12.3. The third-order valence-electron chi connectivity index (χ3n) is 5.26. The van der Waals surface area contributed by atoms with Gasteiger partial charge in [0.15, 0.2) is 0 Å². The van der Waals surface area contributed by atoms with E-state index < -0.39 is 0 Å². The first-order valence-electron chi connectivity index (χ1n) is 8.22.